The molecule has 132 valence electrons. The van der Waals surface area contributed by atoms with Crippen molar-refractivity contribution in [1.29, 1.82) is 0 Å². The van der Waals surface area contributed by atoms with Crippen LogP contribution >= 0.6 is 24.0 Å². The van der Waals surface area contributed by atoms with Crippen LogP contribution in [0.25, 0.3) is 0 Å². The van der Waals surface area contributed by atoms with Crippen LogP contribution in [-0.4, -0.2) is 48.2 Å². The van der Waals surface area contributed by atoms with Crippen molar-refractivity contribution in [3.63, 3.8) is 0 Å². The second-order valence-corrected chi connectivity index (χ2v) is 6.37. The fourth-order valence-electron chi connectivity index (χ4n) is 1.72. The number of carbonyl (C=O) groups is 1. The fourth-order valence-corrected chi connectivity index (χ4v) is 1.72. The second-order valence-electron chi connectivity index (χ2n) is 6.37. The number of rotatable bonds is 6. The molecule has 0 rings (SSSR count). The van der Waals surface area contributed by atoms with Crippen LogP contribution in [0, 0.1) is 5.92 Å². The lowest BCUT2D eigenvalue weighted by Crippen LogP contribution is -2.44. The number of aliphatic imine (C=N–C) groups is 1. The highest BCUT2D eigenvalue weighted by atomic mass is 127. The maximum Gasteiger partial charge on any atom is 0.407 e. The highest BCUT2D eigenvalue weighted by molar-refractivity contribution is 14.0. The van der Waals surface area contributed by atoms with E-state index in [9.17, 15) is 4.79 Å². The van der Waals surface area contributed by atoms with Gasteiger partial charge in [0.15, 0.2) is 5.96 Å². The van der Waals surface area contributed by atoms with Crippen molar-refractivity contribution in [3.05, 3.63) is 0 Å². The standard InChI is InChI=1S/C15H32N4O2.HI/c1-8-19(9-2)13(16)17-10-12(11(3)4)18-14(20)21-15(5,6)7;/h11-12H,8-10H2,1-7H3,(H2,16,17)(H,18,20);1H. The van der Waals surface area contributed by atoms with E-state index in [0.717, 1.165) is 13.1 Å². The molecular formula is C15H33IN4O2. The molecule has 0 saturated heterocycles. The minimum atomic E-state index is -0.505. The van der Waals surface area contributed by atoms with Gasteiger partial charge in [0.1, 0.15) is 5.60 Å². The fraction of sp³-hybridized carbons (Fsp3) is 0.867. The van der Waals surface area contributed by atoms with Gasteiger partial charge in [-0.25, -0.2) is 4.79 Å². The first-order valence-electron chi connectivity index (χ1n) is 7.65. The van der Waals surface area contributed by atoms with Crippen LogP contribution in [0.1, 0.15) is 48.5 Å². The van der Waals surface area contributed by atoms with Gasteiger partial charge in [0.25, 0.3) is 0 Å². The Morgan fingerprint density at radius 1 is 1.27 bits per heavy atom. The first-order valence-corrected chi connectivity index (χ1v) is 7.65. The number of nitrogens with one attached hydrogen (secondary N) is 1. The minimum absolute atomic E-state index is 0. The predicted molar refractivity (Wildman–Crippen MR) is 103 cm³/mol. The van der Waals surface area contributed by atoms with Gasteiger partial charge in [0.2, 0.25) is 0 Å². The Morgan fingerprint density at radius 3 is 2.14 bits per heavy atom. The zero-order valence-corrected chi connectivity index (χ0v) is 17.3. The number of hydrogen-bond acceptors (Lipinski definition) is 3. The zero-order chi connectivity index (χ0) is 16.6. The van der Waals surface area contributed by atoms with Crippen molar-refractivity contribution >= 4 is 36.0 Å². The maximum absolute atomic E-state index is 11.8. The van der Waals surface area contributed by atoms with Crippen molar-refractivity contribution in [1.82, 2.24) is 10.2 Å². The van der Waals surface area contributed by atoms with Crippen LogP contribution in [0.5, 0.6) is 0 Å². The summed E-state index contributed by atoms with van der Waals surface area (Å²) in [6.07, 6.45) is -0.419. The number of guanidine groups is 1. The first-order chi connectivity index (χ1) is 9.60. The number of alkyl carbamates (subject to hydrolysis) is 1. The highest BCUT2D eigenvalue weighted by Gasteiger charge is 2.21. The van der Waals surface area contributed by atoms with Crippen LogP contribution in [0.2, 0.25) is 0 Å². The first kappa shape index (κ1) is 23.5. The smallest absolute Gasteiger partial charge is 0.407 e. The van der Waals surface area contributed by atoms with Gasteiger partial charge in [-0.3, -0.25) is 4.99 Å². The van der Waals surface area contributed by atoms with E-state index in [2.05, 4.69) is 10.3 Å². The van der Waals surface area contributed by atoms with E-state index in [1.165, 1.54) is 0 Å². The van der Waals surface area contributed by atoms with Crippen LogP contribution in [-0.2, 0) is 4.74 Å². The minimum Gasteiger partial charge on any atom is -0.444 e. The molecule has 0 bridgehead atoms. The Balaban J connectivity index is 0. The Labute approximate surface area is 152 Å². The number of carbonyl (C=O) groups excluding carboxylic acids is 1. The molecule has 0 radical (unpaired) electrons. The topological polar surface area (TPSA) is 80.0 Å². The third-order valence-electron chi connectivity index (χ3n) is 3.04. The van der Waals surface area contributed by atoms with E-state index in [4.69, 9.17) is 10.5 Å². The molecule has 22 heavy (non-hydrogen) atoms. The van der Waals surface area contributed by atoms with Crippen molar-refractivity contribution < 1.29 is 9.53 Å². The van der Waals surface area contributed by atoms with E-state index >= 15 is 0 Å². The van der Waals surface area contributed by atoms with Crippen LogP contribution in [0.3, 0.4) is 0 Å². The summed E-state index contributed by atoms with van der Waals surface area (Å²) >= 11 is 0. The Morgan fingerprint density at radius 2 is 1.77 bits per heavy atom. The molecule has 0 aromatic heterocycles. The molecule has 0 fully saturated rings. The molecule has 0 aliphatic heterocycles. The second kappa shape index (κ2) is 10.9. The molecule has 1 atom stereocenters. The van der Waals surface area contributed by atoms with Gasteiger partial charge in [0.05, 0.1) is 12.6 Å². The lowest BCUT2D eigenvalue weighted by Gasteiger charge is -2.25. The zero-order valence-electron chi connectivity index (χ0n) is 15.0. The predicted octanol–water partition coefficient (Wildman–Crippen LogP) is 2.81. The largest absolute Gasteiger partial charge is 0.444 e. The Hall–Kier alpha value is -0.730. The highest BCUT2D eigenvalue weighted by Crippen LogP contribution is 2.09. The van der Waals surface area contributed by atoms with Crippen molar-refractivity contribution in [2.24, 2.45) is 16.6 Å². The number of ether oxygens (including phenoxy) is 1. The van der Waals surface area contributed by atoms with E-state index in [0.29, 0.717) is 12.5 Å². The molecule has 7 heteroatoms. The van der Waals surface area contributed by atoms with E-state index < -0.39 is 11.7 Å². The number of amides is 1. The van der Waals surface area contributed by atoms with E-state index in [1.807, 2.05) is 53.4 Å². The summed E-state index contributed by atoms with van der Waals surface area (Å²) in [7, 11) is 0. The number of hydrogen-bond donors (Lipinski definition) is 2. The summed E-state index contributed by atoms with van der Waals surface area (Å²) in [4.78, 5) is 18.2. The van der Waals surface area contributed by atoms with Gasteiger partial charge in [-0.2, -0.15) is 0 Å². The lowest BCUT2D eigenvalue weighted by atomic mass is 10.1. The third-order valence-corrected chi connectivity index (χ3v) is 3.04. The van der Waals surface area contributed by atoms with E-state index in [1.54, 1.807) is 0 Å². The number of nitrogens with zero attached hydrogens (tertiary/aromatic N) is 2. The summed E-state index contributed by atoms with van der Waals surface area (Å²) < 4.78 is 5.27. The van der Waals surface area contributed by atoms with Crippen molar-refractivity contribution in [2.75, 3.05) is 19.6 Å². The molecule has 0 saturated carbocycles. The molecule has 0 aromatic carbocycles. The molecule has 1 unspecified atom stereocenters. The van der Waals surface area contributed by atoms with Gasteiger partial charge in [-0.15, -0.1) is 24.0 Å². The number of nitrogens with two attached hydrogens (primary N) is 1. The summed E-state index contributed by atoms with van der Waals surface area (Å²) in [6.45, 7) is 15.7. The molecule has 0 spiro atoms. The molecule has 0 heterocycles. The van der Waals surface area contributed by atoms with Gasteiger partial charge in [-0.1, -0.05) is 13.8 Å². The van der Waals surface area contributed by atoms with Gasteiger partial charge in [-0.05, 0) is 40.5 Å². The molecule has 6 nitrogen and oxygen atoms in total. The Kier molecular flexibility index (Phi) is 11.7. The quantitative estimate of drug-likeness (QED) is 0.388. The van der Waals surface area contributed by atoms with Gasteiger partial charge < -0.3 is 20.7 Å². The normalized spacial score (nSPS) is 13.4. The molecule has 0 aliphatic carbocycles. The third kappa shape index (κ3) is 10.1. The number of halogens is 1. The van der Waals surface area contributed by atoms with Gasteiger partial charge in [0, 0.05) is 13.1 Å². The van der Waals surface area contributed by atoms with Gasteiger partial charge >= 0.3 is 6.09 Å². The SMILES string of the molecule is CCN(CC)C(N)=NCC(NC(=O)OC(C)(C)C)C(C)C.I. The van der Waals surface area contributed by atoms with E-state index in [-0.39, 0.29) is 35.9 Å². The summed E-state index contributed by atoms with van der Waals surface area (Å²) in [5.74, 6) is 0.752. The van der Waals surface area contributed by atoms with Crippen molar-refractivity contribution in [3.8, 4) is 0 Å². The van der Waals surface area contributed by atoms with Crippen LogP contribution in [0.15, 0.2) is 4.99 Å². The van der Waals surface area contributed by atoms with Crippen LogP contribution in [0.4, 0.5) is 4.79 Å². The lowest BCUT2D eigenvalue weighted by molar-refractivity contribution is 0.0493. The molecule has 0 aliphatic rings. The average molecular weight is 428 g/mol. The summed E-state index contributed by atoms with van der Waals surface area (Å²) in [5, 5.41) is 2.86. The summed E-state index contributed by atoms with van der Waals surface area (Å²) in [5.41, 5.74) is 5.45. The maximum atomic E-state index is 11.8. The molecular weight excluding hydrogens is 395 g/mol. The average Bonchev–Trinajstić information content (AvgIpc) is 2.33. The van der Waals surface area contributed by atoms with Crippen molar-refractivity contribution in [2.45, 2.75) is 60.1 Å². The molecule has 3 N–H and O–H groups in total. The molecule has 0 aromatic rings. The Bertz CT molecular complexity index is 350. The monoisotopic (exact) mass is 428 g/mol. The molecule has 1 amide bonds. The summed E-state index contributed by atoms with van der Waals surface area (Å²) in [6, 6.07) is -0.103. The van der Waals surface area contributed by atoms with Crippen LogP contribution < -0.4 is 11.1 Å².